The first-order chi connectivity index (χ1) is 10.2. The van der Waals surface area contributed by atoms with E-state index in [4.69, 9.17) is 0 Å². The molecular formula is C17H17FN2O. The van der Waals surface area contributed by atoms with Crippen LogP contribution in [-0.4, -0.2) is 22.3 Å². The summed E-state index contributed by atoms with van der Waals surface area (Å²) < 4.78 is 13.7. The molecule has 2 aromatic rings. The number of carbonyl (C=O) groups excluding carboxylic acids is 1. The first-order valence-electron chi connectivity index (χ1n) is 7.14. The molecule has 1 aliphatic heterocycles. The number of aromatic nitrogens is 1. The van der Waals surface area contributed by atoms with Gasteiger partial charge in [0.2, 0.25) is 0 Å². The standard InChI is InChI=1S/C17H17FN2O/c1-12-4-5-14(11-15(12)18)17(21)20-10-2-3-16(20)13-6-8-19-9-7-13/h4-9,11,16H,2-3,10H2,1H3. The van der Waals surface area contributed by atoms with Crippen LogP contribution in [0.3, 0.4) is 0 Å². The van der Waals surface area contributed by atoms with E-state index in [1.807, 2.05) is 17.0 Å². The number of aryl methyl sites for hydroxylation is 1. The molecule has 0 bridgehead atoms. The van der Waals surface area contributed by atoms with Gasteiger partial charge in [0, 0.05) is 24.5 Å². The third-order valence-corrected chi connectivity index (χ3v) is 4.02. The SMILES string of the molecule is Cc1ccc(C(=O)N2CCCC2c2ccncc2)cc1F. The van der Waals surface area contributed by atoms with Gasteiger partial charge in [-0.15, -0.1) is 0 Å². The van der Waals surface area contributed by atoms with E-state index in [1.165, 1.54) is 6.07 Å². The van der Waals surface area contributed by atoms with Crippen LogP contribution in [0.25, 0.3) is 0 Å². The lowest BCUT2D eigenvalue weighted by atomic mass is 10.0. The topological polar surface area (TPSA) is 33.2 Å². The van der Waals surface area contributed by atoms with Gasteiger partial charge in [-0.2, -0.15) is 0 Å². The van der Waals surface area contributed by atoms with Crippen molar-refractivity contribution < 1.29 is 9.18 Å². The Bertz CT molecular complexity index is 657. The van der Waals surface area contributed by atoms with Crippen molar-refractivity contribution in [3.63, 3.8) is 0 Å². The fourth-order valence-electron chi connectivity index (χ4n) is 2.83. The van der Waals surface area contributed by atoms with Crippen LogP contribution in [-0.2, 0) is 0 Å². The van der Waals surface area contributed by atoms with E-state index in [0.29, 0.717) is 17.7 Å². The molecule has 1 aromatic heterocycles. The van der Waals surface area contributed by atoms with Gasteiger partial charge in [0.25, 0.3) is 5.91 Å². The molecule has 108 valence electrons. The van der Waals surface area contributed by atoms with Crippen LogP contribution in [0.1, 0.15) is 40.4 Å². The Morgan fingerprint density at radius 3 is 2.76 bits per heavy atom. The van der Waals surface area contributed by atoms with Gasteiger partial charge in [-0.25, -0.2) is 4.39 Å². The van der Waals surface area contributed by atoms with Crippen molar-refractivity contribution in [1.29, 1.82) is 0 Å². The summed E-state index contributed by atoms with van der Waals surface area (Å²) in [5.74, 6) is -0.436. The molecule has 3 nitrogen and oxygen atoms in total. The maximum Gasteiger partial charge on any atom is 0.254 e. The molecule has 1 fully saturated rings. The van der Waals surface area contributed by atoms with E-state index in [2.05, 4.69) is 4.98 Å². The molecule has 21 heavy (non-hydrogen) atoms. The van der Waals surface area contributed by atoms with Gasteiger partial charge in [-0.05, 0) is 55.2 Å². The van der Waals surface area contributed by atoms with Crippen LogP contribution in [0.15, 0.2) is 42.7 Å². The van der Waals surface area contributed by atoms with Crippen molar-refractivity contribution in [2.75, 3.05) is 6.54 Å². The molecule has 1 atom stereocenters. The maximum absolute atomic E-state index is 13.7. The van der Waals surface area contributed by atoms with Gasteiger partial charge < -0.3 is 4.90 Å². The van der Waals surface area contributed by atoms with Crippen molar-refractivity contribution in [2.45, 2.75) is 25.8 Å². The van der Waals surface area contributed by atoms with Gasteiger partial charge in [0.1, 0.15) is 5.82 Å². The number of hydrogen-bond acceptors (Lipinski definition) is 2. The molecule has 0 N–H and O–H groups in total. The van der Waals surface area contributed by atoms with Gasteiger partial charge in [0.05, 0.1) is 6.04 Å². The summed E-state index contributed by atoms with van der Waals surface area (Å²) in [6, 6.07) is 8.62. The van der Waals surface area contributed by atoms with E-state index >= 15 is 0 Å². The van der Waals surface area contributed by atoms with Crippen LogP contribution in [0, 0.1) is 12.7 Å². The molecule has 1 aliphatic rings. The first kappa shape index (κ1) is 13.7. The van der Waals surface area contributed by atoms with Crippen LogP contribution in [0.5, 0.6) is 0 Å². The highest BCUT2D eigenvalue weighted by Crippen LogP contribution is 2.32. The zero-order chi connectivity index (χ0) is 14.8. The molecule has 1 aromatic carbocycles. The van der Waals surface area contributed by atoms with E-state index in [9.17, 15) is 9.18 Å². The predicted molar refractivity (Wildman–Crippen MR) is 78.4 cm³/mol. The molecule has 0 aliphatic carbocycles. The maximum atomic E-state index is 13.7. The Morgan fingerprint density at radius 1 is 1.29 bits per heavy atom. The molecule has 0 saturated carbocycles. The minimum atomic E-state index is -0.333. The minimum absolute atomic E-state index is 0.0601. The number of rotatable bonds is 2. The van der Waals surface area contributed by atoms with E-state index in [0.717, 1.165) is 18.4 Å². The molecule has 2 heterocycles. The van der Waals surface area contributed by atoms with Crippen LogP contribution >= 0.6 is 0 Å². The Morgan fingerprint density at radius 2 is 2.05 bits per heavy atom. The largest absolute Gasteiger partial charge is 0.332 e. The highest BCUT2D eigenvalue weighted by Gasteiger charge is 2.30. The van der Waals surface area contributed by atoms with Gasteiger partial charge in [0.15, 0.2) is 0 Å². The second kappa shape index (κ2) is 5.64. The minimum Gasteiger partial charge on any atom is -0.332 e. The molecule has 0 radical (unpaired) electrons. The fourth-order valence-corrected chi connectivity index (χ4v) is 2.83. The molecule has 1 amide bonds. The number of carbonyl (C=O) groups is 1. The van der Waals surface area contributed by atoms with E-state index in [-0.39, 0.29) is 17.8 Å². The first-order valence-corrected chi connectivity index (χ1v) is 7.14. The molecule has 1 saturated heterocycles. The molecule has 0 spiro atoms. The third kappa shape index (κ3) is 2.66. The zero-order valence-electron chi connectivity index (χ0n) is 11.9. The molecule has 4 heteroatoms. The Hall–Kier alpha value is -2.23. The normalized spacial score (nSPS) is 18.0. The molecular weight excluding hydrogens is 267 g/mol. The number of likely N-dealkylation sites (tertiary alicyclic amines) is 1. The van der Waals surface area contributed by atoms with Gasteiger partial charge in [-0.3, -0.25) is 9.78 Å². The zero-order valence-corrected chi connectivity index (χ0v) is 11.9. The van der Waals surface area contributed by atoms with Crippen LogP contribution in [0.2, 0.25) is 0 Å². The number of hydrogen-bond donors (Lipinski definition) is 0. The van der Waals surface area contributed by atoms with Gasteiger partial charge in [-0.1, -0.05) is 6.07 Å². The Balaban J connectivity index is 1.88. The summed E-state index contributed by atoms with van der Waals surface area (Å²) >= 11 is 0. The Kier molecular flexibility index (Phi) is 3.69. The number of pyridine rings is 1. The highest BCUT2D eigenvalue weighted by atomic mass is 19.1. The highest BCUT2D eigenvalue weighted by molar-refractivity contribution is 5.94. The van der Waals surface area contributed by atoms with Crippen molar-refractivity contribution in [2.24, 2.45) is 0 Å². The van der Waals surface area contributed by atoms with Crippen molar-refractivity contribution in [1.82, 2.24) is 9.88 Å². The number of amides is 1. The quantitative estimate of drug-likeness (QED) is 0.845. The van der Waals surface area contributed by atoms with Crippen molar-refractivity contribution in [3.05, 3.63) is 65.2 Å². The van der Waals surface area contributed by atoms with E-state index in [1.54, 1.807) is 31.5 Å². The lowest BCUT2D eigenvalue weighted by Crippen LogP contribution is -2.30. The summed E-state index contributed by atoms with van der Waals surface area (Å²) in [5.41, 5.74) is 2.06. The summed E-state index contributed by atoms with van der Waals surface area (Å²) in [4.78, 5) is 18.5. The lowest BCUT2D eigenvalue weighted by Gasteiger charge is -2.25. The Labute approximate surface area is 123 Å². The van der Waals surface area contributed by atoms with Crippen molar-refractivity contribution in [3.8, 4) is 0 Å². The molecule has 1 unspecified atom stereocenters. The summed E-state index contributed by atoms with van der Waals surface area (Å²) in [5, 5.41) is 0. The van der Waals surface area contributed by atoms with E-state index < -0.39 is 0 Å². The van der Waals surface area contributed by atoms with Crippen molar-refractivity contribution >= 4 is 5.91 Å². The summed E-state index contributed by atoms with van der Waals surface area (Å²) in [7, 11) is 0. The second-order valence-corrected chi connectivity index (χ2v) is 5.40. The average Bonchev–Trinajstić information content (AvgIpc) is 2.99. The monoisotopic (exact) mass is 284 g/mol. The predicted octanol–water partition coefficient (Wildman–Crippen LogP) is 3.51. The second-order valence-electron chi connectivity index (χ2n) is 5.40. The van der Waals surface area contributed by atoms with Gasteiger partial charge >= 0.3 is 0 Å². The van der Waals surface area contributed by atoms with Crippen LogP contribution in [0.4, 0.5) is 4.39 Å². The fraction of sp³-hybridized carbons (Fsp3) is 0.294. The smallest absolute Gasteiger partial charge is 0.254 e. The lowest BCUT2D eigenvalue weighted by molar-refractivity contribution is 0.0735. The third-order valence-electron chi connectivity index (χ3n) is 4.02. The summed E-state index contributed by atoms with van der Waals surface area (Å²) in [6.45, 7) is 2.40. The number of halogens is 1. The molecule has 3 rings (SSSR count). The summed E-state index contributed by atoms with van der Waals surface area (Å²) in [6.07, 6.45) is 5.38. The van der Waals surface area contributed by atoms with Crippen LogP contribution < -0.4 is 0 Å². The average molecular weight is 284 g/mol. The number of nitrogens with zero attached hydrogens (tertiary/aromatic N) is 2. The number of benzene rings is 1.